The zero-order valence-electron chi connectivity index (χ0n) is 13.3. The van der Waals surface area contributed by atoms with Gasteiger partial charge in [0.2, 0.25) is 0 Å². The smallest absolute Gasteiger partial charge is 0.273 e. The Bertz CT molecular complexity index is 815. The Balaban J connectivity index is 2.11. The van der Waals surface area contributed by atoms with E-state index in [4.69, 9.17) is 9.47 Å². The van der Waals surface area contributed by atoms with Crippen LogP contribution in [0.3, 0.4) is 0 Å². The number of carbonyl (C=O) groups is 1. The van der Waals surface area contributed by atoms with Crippen molar-refractivity contribution in [3.63, 3.8) is 0 Å². The summed E-state index contributed by atoms with van der Waals surface area (Å²) >= 11 is 3.16. The van der Waals surface area contributed by atoms with Gasteiger partial charge in [-0.25, -0.2) is 4.39 Å². The molecular weight excluding hydrogens is 399 g/mol. The van der Waals surface area contributed by atoms with E-state index in [9.17, 15) is 19.3 Å². The minimum atomic E-state index is -0.901. The van der Waals surface area contributed by atoms with Gasteiger partial charge in [0.05, 0.1) is 28.3 Å². The zero-order chi connectivity index (χ0) is 18.6. The van der Waals surface area contributed by atoms with Crippen LogP contribution in [0.4, 0.5) is 15.8 Å². The number of methoxy groups -OCH3 is 1. The molecular formula is C16H14BrFN2O5. The molecule has 2 rings (SSSR count). The lowest BCUT2D eigenvalue weighted by Gasteiger charge is -2.17. The standard InChI is InChI=1S/C16H14BrFN2O5/c1-9(25-14-6-3-10(18)7-12(14)17)16(21)19-13-5-4-11(20(22)23)8-15(13)24-2/h3-9H,1-2H3,(H,19,21)/t9-/m0/s1. The Kier molecular flexibility index (Phi) is 5.92. The summed E-state index contributed by atoms with van der Waals surface area (Å²) < 4.78 is 24.0. The molecule has 0 bridgehead atoms. The van der Waals surface area contributed by atoms with E-state index in [0.717, 1.165) is 0 Å². The number of carbonyl (C=O) groups excluding carboxylic acids is 1. The average molecular weight is 413 g/mol. The highest BCUT2D eigenvalue weighted by atomic mass is 79.9. The second kappa shape index (κ2) is 7.93. The first kappa shape index (κ1) is 18.7. The number of nitrogens with one attached hydrogen (secondary N) is 1. The maximum Gasteiger partial charge on any atom is 0.273 e. The van der Waals surface area contributed by atoms with E-state index in [1.165, 1.54) is 50.4 Å². The Hall–Kier alpha value is -2.68. The Labute approximate surface area is 151 Å². The Morgan fingerprint density at radius 1 is 1.28 bits per heavy atom. The first-order chi connectivity index (χ1) is 11.8. The molecule has 2 aromatic rings. The number of non-ortho nitro benzene ring substituents is 1. The van der Waals surface area contributed by atoms with Crippen LogP contribution in [0, 0.1) is 15.9 Å². The quantitative estimate of drug-likeness (QED) is 0.573. The number of ether oxygens (including phenoxy) is 2. The van der Waals surface area contributed by atoms with Crippen LogP contribution in [-0.4, -0.2) is 24.0 Å². The van der Waals surface area contributed by atoms with Gasteiger partial charge in [0, 0.05) is 6.07 Å². The van der Waals surface area contributed by atoms with Crippen molar-refractivity contribution in [3.05, 3.63) is 56.8 Å². The molecule has 1 N–H and O–H groups in total. The number of benzene rings is 2. The minimum Gasteiger partial charge on any atom is -0.494 e. The molecule has 25 heavy (non-hydrogen) atoms. The molecule has 0 saturated carbocycles. The van der Waals surface area contributed by atoms with E-state index in [1.807, 2.05) is 0 Å². The van der Waals surface area contributed by atoms with Gasteiger partial charge >= 0.3 is 0 Å². The lowest BCUT2D eigenvalue weighted by Crippen LogP contribution is -2.30. The summed E-state index contributed by atoms with van der Waals surface area (Å²) in [6.07, 6.45) is -0.901. The fourth-order valence-electron chi connectivity index (χ4n) is 1.95. The van der Waals surface area contributed by atoms with Gasteiger partial charge in [-0.1, -0.05) is 0 Å². The van der Waals surface area contributed by atoms with Crippen LogP contribution in [0.25, 0.3) is 0 Å². The van der Waals surface area contributed by atoms with Gasteiger partial charge in [-0.2, -0.15) is 0 Å². The van der Waals surface area contributed by atoms with Crippen LogP contribution < -0.4 is 14.8 Å². The topological polar surface area (TPSA) is 90.7 Å². The number of nitrogens with zero attached hydrogens (tertiary/aromatic N) is 1. The molecule has 9 heteroatoms. The average Bonchev–Trinajstić information content (AvgIpc) is 2.57. The van der Waals surface area contributed by atoms with Crippen molar-refractivity contribution in [1.82, 2.24) is 0 Å². The summed E-state index contributed by atoms with van der Waals surface area (Å²) in [5, 5.41) is 13.4. The van der Waals surface area contributed by atoms with E-state index >= 15 is 0 Å². The van der Waals surface area contributed by atoms with Crippen LogP contribution >= 0.6 is 15.9 Å². The van der Waals surface area contributed by atoms with Crippen LogP contribution in [0.2, 0.25) is 0 Å². The third-order valence-corrected chi connectivity index (χ3v) is 3.84. The molecule has 0 radical (unpaired) electrons. The number of amides is 1. The number of hydrogen-bond acceptors (Lipinski definition) is 5. The van der Waals surface area contributed by atoms with Gasteiger partial charge in [0.25, 0.3) is 11.6 Å². The van der Waals surface area contributed by atoms with Gasteiger partial charge in [-0.05, 0) is 47.1 Å². The van der Waals surface area contributed by atoms with Crippen LogP contribution in [0.15, 0.2) is 40.9 Å². The van der Waals surface area contributed by atoms with Crippen molar-refractivity contribution < 1.29 is 23.6 Å². The second-order valence-electron chi connectivity index (χ2n) is 4.97. The van der Waals surface area contributed by atoms with Crippen molar-refractivity contribution in [2.45, 2.75) is 13.0 Å². The Morgan fingerprint density at radius 3 is 2.60 bits per heavy atom. The fraction of sp³-hybridized carbons (Fsp3) is 0.188. The molecule has 0 aliphatic carbocycles. The summed E-state index contributed by atoms with van der Waals surface area (Å²) in [6.45, 7) is 1.52. The van der Waals surface area contributed by atoms with Gasteiger partial charge in [0.15, 0.2) is 6.10 Å². The zero-order valence-corrected chi connectivity index (χ0v) is 14.9. The summed E-state index contributed by atoms with van der Waals surface area (Å²) in [5.41, 5.74) is 0.112. The minimum absolute atomic E-state index is 0.151. The molecule has 0 aliphatic heterocycles. The highest BCUT2D eigenvalue weighted by molar-refractivity contribution is 9.10. The summed E-state index contributed by atoms with van der Waals surface area (Å²) in [4.78, 5) is 22.5. The van der Waals surface area contributed by atoms with Gasteiger partial charge in [-0.3, -0.25) is 14.9 Å². The molecule has 0 aromatic heterocycles. The van der Waals surface area contributed by atoms with Crippen molar-refractivity contribution >= 4 is 33.2 Å². The SMILES string of the molecule is COc1cc([N+](=O)[O-])ccc1NC(=O)[C@H](C)Oc1ccc(F)cc1Br. The second-order valence-corrected chi connectivity index (χ2v) is 5.82. The van der Waals surface area contributed by atoms with Gasteiger partial charge in [0.1, 0.15) is 17.3 Å². The number of halogens is 2. The molecule has 132 valence electrons. The fourth-order valence-corrected chi connectivity index (χ4v) is 2.39. The first-order valence-electron chi connectivity index (χ1n) is 7.07. The van der Waals surface area contributed by atoms with Crippen LogP contribution in [0.5, 0.6) is 11.5 Å². The van der Waals surface area contributed by atoms with Crippen molar-refractivity contribution in [1.29, 1.82) is 0 Å². The van der Waals surface area contributed by atoms with Gasteiger partial charge in [-0.15, -0.1) is 0 Å². The van der Waals surface area contributed by atoms with Crippen molar-refractivity contribution in [2.24, 2.45) is 0 Å². The summed E-state index contributed by atoms with van der Waals surface area (Å²) in [7, 11) is 1.34. The molecule has 2 aromatic carbocycles. The number of rotatable bonds is 6. The van der Waals surface area contributed by atoms with E-state index in [-0.39, 0.29) is 17.1 Å². The summed E-state index contributed by atoms with van der Waals surface area (Å²) in [6, 6.07) is 7.66. The third kappa shape index (κ3) is 4.66. The molecule has 0 heterocycles. The Morgan fingerprint density at radius 2 is 2.00 bits per heavy atom. The van der Waals surface area contributed by atoms with Gasteiger partial charge < -0.3 is 14.8 Å². The summed E-state index contributed by atoms with van der Waals surface area (Å²) in [5.74, 6) is -0.479. The maximum atomic E-state index is 13.1. The molecule has 1 amide bonds. The predicted molar refractivity (Wildman–Crippen MR) is 92.5 cm³/mol. The number of hydrogen-bond donors (Lipinski definition) is 1. The lowest BCUT2D eigenvalue weighted by atomic mass is 10.2. The molecule has 0 spiro atoms. The normalized spacial score (nSPS) is 11.5. The van der Waals surface area contributed by atoms with E-state index in [1.54, 1.807) is 0 Å². The molecule has 0 aliphatic rings. The number of nitro groups is 1. The van der Waals surface area contributed by atoms with Crippen LogP contribution in [-0.2, 0) is 4.79 Å². The van der Waals surface area contributed by atoms with E-state index in [2.05, 4.69) is 21.2 Å². The largest absolute Gasteiger partial charge is 0.494 e. The third-order valence-electron chi connectivity index (χ3n) is 3.22. The van der Waals surface area contributed by atoms with E-state index < -0.39 is 22.8 Å². The number of anilines is 1. The molecule has 0 saturated heterocycles. The van der Waals surface area contributed by atoms with Crippen molar-refractivity contribution in [2.75, 3.05) is 12.4 Å². The van der Waals surface area contributed by atoms with E-state index in [0.29, 0.717) is 10.2 Å². The van der Waals surface area contributed by atoms with Crippen molar-refractivity contribution in [3.8, 4) is 11.5 Å². The molecule has 7 nitrogen and oxygen atoms in total. The molecule has 0 fully saturated rings. The van der Waals surface area contributed by atoms with Crippen LogP contribution in [0.1, 0.15) is 6.92 Å². The molecule has 1 atom stereocenters. The number of nitro benzene ring substituents is 1. The maximum absolute atomic E-state index is 13.1. The highest BCUT2D eigenvalue weighted by Crippen LogP contribution is 2.30. The first-order valence-corrected chi connectivity index (χ1v) is 7.86. The molecule has 0 unspecified atom stereocenters. The predicted octanol–water partition coefficient (Wildman–Crippen LogP) is 3.91. The highest BCUT2D eigenvalue weighted by Gasteiger charge is 2.19. The lowest BCUT2D eigenvalue weighted by molar-refractivity contribution is -0.384. The monoisotopic (exact) mass is 412 g/mol.